The number of hydrogen-bond donors (Lipinski definition) is 2. The molecule has 1 saturated heterocycles. The second-order valence-electron chi connectivity index (χ2n) is 8.27. The summed E-state index contributed by atoms with van der Waals surface area (Å²) in [6, 6.07) is 20.1. The van der Waals surface area contributed by atoms with Crippen LogP contribution in [0.4, 0.5) is 4.79 Å². The zero-order chi connectivity index (χ0) is 24.3. The largest absolute Gasteiger partial charge is 0.385 e. The molecule has 2 N–H and O–H groups in total. The highest BCUT2D eigenvalue weighted by Gasteiger charge is 2.36. The molecule has 0 bridgehead atoms. The molecule has 1 aliphatic rings. The van der Waals surface area contributed by atoms with E-state index in [-0.39, 0.29) is 0 Å². The van der Waals surface area contributed by atoms with Gasteiger partial charge in [0.1, 0.15) is 0 Å². The van der Waals surface area contributed by atoms with Crippen LogP contribution in [0.25, 0.3) is 17.2 Å². The minimum atomic E-state index is -0.992. The summed E-state index contributed by atoms with van der Waals surface area (Å²) in [5, 5.41) is 13.6. The number of amides is 3. The number of hydrogen-bond acceptors (Lipinski definition) is 3. The van der Waals surface area contributed by atoms with Gasteiger partial charge >= 0.3 is 6.03 Å². The Morgan fingerprint density at radius 2 is 1.53 bits per heavy atom. The van der Waals surface area contributed by atoms with Crippen molar-refractivity contribution >= 4 is 49.9 Å². The number of rotatable bonds is 4. The van der Waals surface area contributed by atoms with Crippen molar-refractivity contribution in [2.24, 2.45) is 0 Å². The third kappa shape index (κ3) is 5.17. The molecule has 0 radical (unpaired) electrons. The first-order valence-corrected chi connectivity index (χ1v) is 12.5. The summed E-state index contributed by atoms with van der Waals surface area (Å²) >= 11 is 6.84. The lowest BCUT2D eigenvalue weighted by Gasteiger charge is -2.38. The first-order valence-electron chi connectivity index (χ1n) is 10.9. The maximum atomic E-state index is 13.2. The van der Waals surface area contributed by atoms with Crippen molar-refractivity contribution in [3.8, 4) is 11.1 Å². The molecule has 1 fully saturated rings. The SMILES string of the molecule is C=Cc1cccc(C(=O)NC(=O)N2CCC(O)(c3ccc(Br)cc3)CC2)c1-c1ccc(Br)cc1. The van der Waals surface area contributed by atoms with Gasteiger partial charge in [-0.2, -0.15) is 0 Å². The number of nitrogens with zero attached hydrogens (tertiary/aromatic N) is 1. The minimum absolute atomic E-state index is 0.345. The van der Waals surface area contributed by atoms with Crippen LogP contribution in [0.2, 0.25) is 0 Å². The Morgan fingerprint density at radius 1 is 0.941 bits per heavy atom. The van der Waals surface area contributed by atoms with Crippen LogP contribution >= 0.6 is 31.9 Å². The number of likely N-dealkylation sites (tertiary alicyclic amines) is 1. The van der Waals surface area contributed by atoms with Gasteiger partial charge in [0.2, 0.25) is 0 Å². The van der Waals surface area contributed by atoms with Crippen molar-refractivity contribution < 1.29 is 14.7 Å². The van der Waals surface area contributed by atoms with E-state index in [2.05, 4.69) is 43.8 Å². The van der Waals surface area contributed by atoms with Crippen LogP contribution in [0.1, 0.15) is 34.3 Å². The molecule has 0 aromatic heterocycles. The number of piperidine rings is 1. The van der Waals surface area contributed by atoms with Crippen molar-refractivity contribution in [2.45, 2.75) is 18.4 Å². The Bertz CT molecular complexity index is 1220. The maximum absolute atomic E-state index is 13.2. The maximum Gasteiger partial charge on any atom is 0.324 e. The van der Waals surface area contributed by atoms with Gasteiger partial charge in [-0.25, -0.2) is 4.79 Å². The van der Waals surface area contributed by atoms with Crippen molar-refractivity contribution in [1.29, 1.82) is 0 Å². The molecule has 5 nitrogen and oxygen atoms in total. The van der Waals surface area contributed by atoms with Gasteiger partial charge in [0, 0.05) is 33.2 Å². The lowest BCUT2D eigenvalue weighted by atomic mass is 9.84. The Balaban J connectivity index is 1.48. The van der Waals surface area contributed by atoms with E-state index in [0.717, 1.165) is 31.2 Å². The van der Waals surface area contributed by atoms with Gasteiger partial charge in [0.05, 0.1) is 5.60 Å². The van der Waals surface area contributed by atoms with Gasteiger partial charge in [-0.15, -0.1) is 0 Å². The summed E-state index contributed by atoms with van der Waals surface area (Å²) in [5.41, 5.74) is 2.62. The highest BCUT2D eigenvalue weighted by molar-refractivity contribution is 9.10. The number of halogens is 2. The molecule has 3 amide bonds. The standard InChI is InChI=1S/C27H24Br2N2O3/c1-2-18-4-3-5-23(24(18)19-6-10-21(28)11-7-19)25(32)30-26(33)31-16-14-27(34,15-17-31)20-8-12-22(29)13-9-20/h2-13,34H,1,14-17H2,(H,30,32,33). The van der Waals surface area contributed by atoms with Crippen LogP contribution < -0.4 is 5.32 Å². The van der Waals surface area contributed by atoms with E-state index in [1.54, 1.807) is 23.1 Å². The summed E-state index contributed by atoms with van der Waals surface area (Å²) in [6.45, 7) is 4.56. The molecule has 3 aromatic rings. The van der Waals surface area contributed by atoms with Crippen molar-refractivity contribution in [1.82, 2.24) is 10.2 Å². The number of urea groups is 1. The molecular formula is C27H24Br2N2O3. The number of carbonyl (C=O) groups excluding carboxylic acids is 2. The molecule has 4 rings (SSSR count). The minimum Gasteiger partial charge on any atom is -0.385 e. The summed E-state index contributed by atoms with van der Waals surface area (Å²) in [5.74, 6) is -0.472. The molecule has 0 atom stereocenters. The lowest BCUT2D eigenvalue weighted by Crippen LogP contribution is -2.50. The summed E-state index contributed by atoms with van der Waals surface area (Å²) < 4.78 is 1.87. The van der Waals surface area contributed by atoms with Crippen molar-refractivity contribution in [3.63, 3.8) is 0 Å². The third-order valence-electron chi connectivity index (χ3n) is 6.17. The topological polar surface area (TPSA) is 69.6 Å². The number of nitrogens with one attached hydrogen (secondary N) is 1. The van der Waals surface area contributed by atoms with E-state index >= 15 is 0 Å². The number of aliphatic hydroxyl groups is 1. The van der Waals surface area contributed by atoms with Gasteiger partial charge in [-0.3, -0.25) is 10.1 Å². The van der Waals surface area contributed by atoms with E-state index in [1.165, 1.54) is 0 Å². The van der Waals surface area contributed by atoms with Gasteiger partial charge in [-0.1, -0.05) is 80.9 Å². The molecule has 3 aromatic carbocycles. The average molecular weight is 584 g/mol. The van der Waals surface area contributed by atoms with E-state index in [1.807, 2.05) is 54.6 Å². The van der Waals surface area contributed by atoms with Crippen LogP contribution in [0, 0.1) is 0 Å². The quantitative estimate of drug-likeness (QED) is 0.376. The summed E-state index contributed by atoms with van der Waals surface area (Å²) in [6.07, 6.45) is 2.49. The van der Waals surface area contributed by atoms with E-state index in [9.17, 15) is 14.7 Å². The Hall–Kier alpha value is -2.74. The fraction of sp³-hybridized carbons (Fsp3) is 0.185. The van der Waals surface area contributed by atoms with Crippen LogP contribution in [-0.2, 0) is 5.60 Å². The fourth-order valence-corrected chi connectivity index (χ4v) is 4.77. The molecule has 0 unspecified atom stereocenters. The molecule has 7 heteroatoms. The number of carbonyl (C=O) groups is 2. The molecule has 0 aliphatic carbocycles. The normalized spacial score (nSPS) is 15.0. The van der Waals surface area contributed by atoms with Gasteiger partial charge in [0.25, 0.3) is 5.91 Å². The predicted molar refractivity (Wildman–Crippen MR) is 141 cm³/mol. The number of benzene rings is 3. The Labute approximate surface area is 215 Å². The van der Waals surface area contributed by atoms with Crippen LogP contribution in [-0.4, -0.2) is 35.0 Å². The second kappa shape index (κ2) is 10.3. The predicted octanol–water partition coefficient (Wildman–Crippen LogP) is 6.36. The van der Waals surface area contributed by atoms with Gasteiger partial charge < -0.3 is 10.0 Å². The zero-order valence-corrected chi connectivity index (χ0v) is 21.6. The molecule has 34 heavy (non-hydrogen) atoms. The fourth-order valence-electron chi connectivity index (χ4n) is 4.24. The average Bonchev–Trinajstić information content (AvgIpc) is 2.84. The van der Waals surface area contributed by atoms with Crippen LogP contribution in [0.3, 0.4) is 0 Å². The Morgan fingerprint density at radius 3 is 2.12 bits per heavy atom. The first-order chi connectivity index (χ1) is 16.3. The summed E-state index contributed by atoms with van der Waals surface area (Å²) in [4.78, 5) is 27.6. The second-order valence-corrected chi connectivity index (χ2v) is 10.1. The van der Waals surface area contributed by atoms with Crippen LogP contribution in [0.5, 0.6) is 0 Å². The van der Waals surface area contributed by atoms with E-state index < -0.39 is 17.5 Å². The van der Waals surface area contributed by atoms with Gasteiger partial charge in [0.15, 0.2) is 0 Å². The molecule has 1 aliphatic heterocycles. The Kier molecular flexibility index (Phi) is 7.36. The van der Waals surface area contributed by atoms with Gasteiger partial charge in [-0.05, 0) is 59.9 Å². The van der Waals surface area contributed by atoms with Crippen molar-refractivity contribution in [2.75, 3.05) is 13.1 Å². The highest BCUT2D eigenvalue weighted by atomic mass is 79.9. The molecular weight excluding hydrogens is 560 g/mol. The summed E-state index contributed by atoms with van der Waals surface area (Å²) in [7, 11) is 0. The van der Waals surface area contributed by atoms with Crippen molar-refractivity contribution in [3.05, 3.63) is 98.9 Å². The monoisotopic (exact) mass is 582 g/mol. The van der Waals surface area contributed by atoms with E-state index in [4.69, 9.17) is 0 Å². The molecule has 174 valence electrons. The van der Waals surface area contributed by atoms with E-state index in [0.29, 0.717) is 31.5 Å². The molecule has 1 heterocycles. The number of imide groups is 1. The third-order valence-corrected chi connectivity index (χ3v) is 7.23. The zero-order valence-electron chi connectivity index (χ0n) is 18.4. The molecule has 0 spiro atoms. The molecule has 0 saturated carbocycles. The lowest BCUT2D eigenvalue weighted by molar-refractivity contribution is -0.0166. The first kappa shape index (κ1) is 24.4. The van der Waals surface area contributed by atoms with Crippen LogP contribution in [0.15, 0.2) is 82.3 Å². The smallest absolute Gasteiger partial charge is 0.324 e. The highest BCUT2D eigenvalue weighted by Crippen LogP contribution is 2.34.